The Kier molecular flexibility index (Phi) is 7.37. The molecule has 1 unspecified atom stereocenters. The minimum Gasteiger partial charge on any atom is -0.337 e. The molecule has 2 amide bonds. The molecule has 4 rings (SSSR count). The number of carbonyl (C=O) groups excluding carboxylic acids is 2. The van der Waals surface area contributed by atoms with Crippen LogP contribution in [0.3, 0.4) is 0 Å². The summed E-state index contributed by atoms with van der Waals surface area (Å²) < 4.78 is 2.11. The summed E-state index contributed by atoms with van der Waals surface area (Å²) in [6.07, 6.45) is 8.01. The van der Waals surface area contributed by atoms with Crippen LogP contribution in [-0.4, -0.2) is 69.9 Å². The van der Waals surface area contributed by atoms with Gasteiger partial charge < -0.3 is 14.4 Å². The van der Waals surface area contributed by atoms with Crippen molar-refractivity contribution in [3.8, 4) is 0 Å². The molecule has 0 bridgehead atoms. The third kappa shape index (κ3) is 5.34. The predicted octanol–water partition coefficient (Wildman–Crippen LogP) is 3.66. The van der Waals surface area contributed by atoms with E-state index in [1.54, 1.807) is 30.5 Å². The van der Waals surface area contributed by atoms with Crippen molar-refractivity contribution in [2.24, 2.45) is 0 Å². The number of anilines is 1. The maximum absolute atomic E-state index is 12.9. The second kappa shape index (κ2) is 10.6. The number of amides is 2. The molecule has 1 N–H and O–H groups in total. The zero-order valence-electron chi connectivity index (χ0n) is 20.1. The molecule has 34 heavy (non-hydrogen) atoms. The molecule has 3 heterocycles. The maximum atomic E-state index is 12.9. The van der Waals surface area contributed by atoms with Gasteiger partial charge in [0.15, 0.2) is 0 Å². The Labute approximate surface area is 200 Å². The van der Waals surface area contributed by atoms with Gasteiger partial charge in [0.1, 0.15) is 5.69 Å². The fourth-order valence-electron chi connectivity index (χ4n) is 4.43. The number of hydrogen-bond donors (Lipinski definition) is 1. The molecule has 8 heteroatoms. The lowest BCUT2D eigenvalue weighted by atomic mass is 10.1. The van der Waals surface area contributed by atoms with E-state index in [0.717, 1.165) is 48.9 Å². The molecule has 1 aromatic carbocycles. The lowest BCUT2D eigenvalue weighted by Crippen LogP contribution is -2.35. The van der Waals surface area contributed by atoms with Crippen LogP contribution in [-0.2, 0) is 4.79 Å². The number of carbonyl (C=O) groups is 2. The number of nitrogens with one attached hydrogen (secondary N) is 1. The van der Waals surface area contributed by atoms with Gasteiger partial charge in [-0.25, -0.2) is 4.98 Å². The van der Waals surface area contributed by atoms with Crippen molar-refractivity contribution in [3.63, 3.8) is 0 Å². The molecule has 178 valence electrons. The fraction of sp³-hybridized carbons (Fsp3) is 0.385. The van der Waals surface area contributed by atoms with Gasteiger partial charge in [0.25, 0.3) is 5.91 Å². The SMILES string of the molecule is Cc1cccc2nc(NC(=O)c3ccccn3)n(C3CCCCN(C(=O)C=CCN(C)C)C3)c12. The van der Waals surface area contributed by atoms with E-state index in [2.05, 4.69) is 27.9 Å². The van der Waals surface area contributed by atoms with Crippen LogP contribution in [0.25, 0.3) is 11.0 Å². The standard InChI is InChI=1S/C26H32N6O2/c1-19-10-8-13-21-24(19)32(26(28-21)29-25(34)22-12-4-6-15-27-22)20-11-5-7-17-31(18-20)23(33)14-9-16-30(2)3/h4,6,8-10,12-15,20H,5,7,11,16-18H2,1-3H3,(H,28,29,34). The van der Waals surface area contributed by atoms with Gasteiger partial charge in [-0.15, -0.1) is 0 Å². The Morgan fingerprint density at radius 2 is 2.03 bits per heavy atom. The van der Waals surface area contributed by atoms with Crippen molar-refractivity contribution in [1.29, 1.82) is 0 Å². The molecule has 0 radical (unpaired) electrons. The molecule has 0 saturated carbocycles. The molecule has 1 atom stereocenters. The number of pyridine rings is 1. The number of likely N-dealkylation sites (N-methyl/N-ethyl adjacent to an activating group) is 1. The Bertz CT molecular complexity index is 1180. The number of hydrogen-bond acceptors (Lipinski definition) is 5. The summed E-state index contributed by atoms with van der Waals surface area (Å²) in [6, 6.07) is 11.2. The van der Waals surface area contributed by atoms with Crippen LogP contribution >= 0.6 is 0 Å². The molecule has 1 aliphatic rings. The van der Waals surface area contributed by atoms with Gasteiger partial charge in [0, 0.05) is 31.9 Å². The van der Waals surface area contributed by atoms with Crippen molar-refractivity contribution < 1.29 is 9.59 Å². The van der Waals surface area contributed by atoms with Crippen LogP contribution in [0, 0.1) is 6.92 Å². The molecular formula is C26H32N6O2. The smallest absolute Gasteiger partial charge is 0.276 e. The number of aryl methyl sites for hydroxylation is 1. The lowest BCUT2D eigenvalue weighted by molar-refractivity contribution is -0.126. The number of likely N-dealkylation sites (tertiary alicyclic amines) is 1. The van der Waals surface area contributed by atoms with E-state index >= 15 is 0 Å². The summed E-state index contributed by atoms with van der Waals surface area (Å²) in [4.78, 5) is 38.7. The minimum atomic E-state index is -0.303. The van der Waals surface area contributed by atoms with Crippen LogP contribution in [0.2, 0.25) is 0 Å². The molecule has 1 fully saturated rings. The van der Waals surface area contributed by atoms with Gasteiger partial charge >= 0.3 is 0 Å². The van der Waals surface area contributed by atoms with E-state index in [9.17, 15) is 9.59 Å². The van der Waals surface area contributed by atoms with Gasteiger partial charge in [-0.1, -0.05) is 24.3 Å². The number of nitrogens with zero attached hydrogens (tertiary/aromatic N) is 5. The minimum absolute atomic E-state index is 0.00108. The number of fused-ring (bicyclic) bond motifs is 1. The van der Waals surface area contributed by atoms with E-state index in [-0.39, 0.29) is 17.9 Å². The van der Waals surface area contributed by atoms with Crippen LogP contribution < -0.4 is 5.32 Å². The van der Waals surface area contributed by atoms with Gasteiger partial charge in [0.05, 0.1) is 17.1 Å². The van der Waals surface area contributed by atoms with Crippen LogP contribution in [0.1, 0.15) is 41.4 Å². The summed E-state index contributed by atoms with van der Waals surface area (Å²) in [5.74, 6) is 0.208. The van der Waals surface area contributed by atoms with Crippen molar-refractivity contribution in [2.75, 3.05) is 39.0 Å². The van der Waals surface area contributed by atoms with E-state index < -0.39 is 0 Å². The van der Waals surface area contributed by atoms with Crippen LogP contribution in [0.5, 0.6) is 0 Å². The van der Waals surface area contributed by atoms with Gasteiger partial charge in [-0.2, -0.15) is 0 Å². The fourth-order valence-corrected chi connectivity index (χ4v) is 4.43. The highest BCUT2D eigenvalue weighted by atomic mass is 16.2. The van der Waals surface area contributed by atoms with Crippen molar-refractivity contribution in [2.45, 2.75) is 32.2 Å². The predicted molar refractivity (Wildman–Crippen MR) is 134 cm³/mol. The molecule has 0 spiro atoms. The van der Waals surface area contributed by atoms with Crippen molar-refractivity contribution >= 4 is 28.8 Å². The normalized spacial score (nSPS) is 16.8. The Hall–Kier alpha value is -3.52. The highest BCUT2D eigenvalue weighted by Crippen LogP contribution is 2.32. The highest BCUT2D eigenvalue weighted by Gasteiger charge is 2.27. The zero-order chi connectivity index (χ0) is 24.1. The zero-order valence-corrected chi connectivity index (χ0v) is 20.1. The molecule has 2 aromatic heterocycles. The number of imidazole rings is 1. The summed E-state index contributed by atoms with van der Waals surface area (Å²) in [5.41, 5.74) is 3.23. The largest absolute Gasteiger partial charge is 0.337 e. The Morgan fingerprint density at radius 1 is 1.18 bits per heavy atom. The Morgan fingerprint density at radius 3 is 2.79 bits per heavy atom. The first-order valence-corrected chi connectivity index (χ1v) is 11.7. The molecule has 3 aromatic rings. The summed E-state index contributed by atoms with van der Waals surface area (Å²) in [7, 11) is 3.95. The molecule has 0 aliphatic carbocycles. The van der Waals surface area contributed by atoms with Gasteiger partial charge in [0.2, 0.25) is 11.9 Å². The number of rotatable bonds is 6. The average Bonchev–Trinajstić information content (AvgIpc) is 3.01. The maximum Gasteiger partial charge on any atom is 0.276 e. The third-order valence-electron chi connectivity index (χ3n) is 6.09. The molecule has 1 aliphatic heterocycles. The third-order valence-corrected chi connectivity index (χ3v) is 6.09. The topological polar surface area (TPSA) is 83.4 Å². The molecule has 1 saturated heterocycles. The van der Waals surface area contributed by atoms with Gasteiger partial charge in [-0.05, 0) is 64.0 Å². The van der Waals surface area contributed by atoms with E-state index in [0.29, 0.717) is 18.2 Å². The van der Waals surface area contributed by atoms with Gasteiger partial charge in [-0.3, -0.25) is 19.9 Å². The van der Waals surface area contributed by atoms with Crippen molar-refractivity contribution in [3.05, 3.63) is 66.0 Å². The van der Waals surface area contributed by atoms with Crippen LogP contribution in [0.15, 0.2) is 54.7 Å². The molecular weight excluding hydrogens is 428 g/mol. The first-order chi connectivity index (χ1) is 16.4. The summed E-state index contributed by atoms with van der Waals surface area (Å²) >= 11 is 0. The lowest BCUT2D eigenvalue weighted by Gasteiger charge is -2.26. The van der Waals surface area contributed by atoms with E-state index in [1.165, 1.54) is 0 Å². The monoisotopic (exact) mass is 460 g/mol. The first kappa shape index (κ1) is 23.6. The summed E-state index contributed by atoms with van der Waals surface area (Å²) in [5, 5.41) is 2.98. The van der Waals surface area contributed by atoms with E-state index in [4.69, 9.17) is 4.98 Å². The number of aromatic nitrogens is 3. The summed E-state index contributed by atoms with van der Waals surface area (Å²) in [6.45, 7) is 4.06. The second-order valence-electron chi connectivity index (χ2n) is 9.02. The second-order valence-corrected chi connectivity index (χ2v) is 9.02. The number of benzene rings is 1. The van der Waals surface area contributed by atoms with Crippen molar-refractivity contribution in [1.82, 2.24) is 24.3 Å². The Balaban J connectivity index is 1.67. The average molecular weight is 461 g/mol. The van der Waals surface area contributed by atoms with E-state index in [1.807, 2.05) is 42.1 Å². The van der Waals surface area contributed by atoms with Crippen LogP contribution in [0.4, 0.5) is 5.95 Å². The first-order valence-electron chi connectivity index (χ1n) is 11.7. The number of para-hydroxylation sites is 1. The quantitative estimate of drug-likeness (QED) is 0.568. The highest BCUT2D eigenvalue weighted by molar-refractivity contribution is 6.02. The molecule has 8 nitrogen and oxygen atoms in total.